The van der Waals surface area contributed by atoms with Gasteiger partial charge in [-0.15, -0.1) is 11.6 Å². The molecule has 0 atom stereocenters. The maximum atomic E-state index is 11.4. The largest absolute Gasteiger partial charge is 0.508 e. The van der Waals surface area contributed by atoms with E-state index in [0.717, 1.165) is 4.90 Å². The summed E-state index contributed by atoms with van der Waals surface area (Å²) in [7, 11) is 0. The van der Waals surface area contributed by atoms with Crippen molar-refractivity contribution in [2.45, 2.75) is 0 Å². The van der Waals surface area contributed by atoms with Crippen molar-refractivity contribution in [3.8, 4) is 5.75 Å². The molecule has 0 unspecified atom stereocenters. The van der Waals surface area contributed by atoms with Crippen LogP contribution in [0, 0.1) is 0 Å². The highest BCUT2D eigenvalue weighted by molar-refractivity contribution is 6.29. The van der Waals surface area contributed by atoms with Gasteiger partial charge in [0, 0.05) is 11.8 Å². The molecule has 16 heavy (non-hydrogen) atoms. The lowest BCUT2D eigenvalue weighted by Gasteiger charge is -2.19. The van der Waals surface area contributed by atoms with E-state index >= 15 is 0 Å². The average Bonchev–Trinajstić information content (AvgIpc) is 2.24. The smallest absolute Gasteiger partial charge is 0.323 e. The number of aliphatic carboxylic acids is 1. The highest BCUT2D eigenvalue weighted by Gasteiger charge is 2.17. The van der Waals surface area contributed by atoms with Crippen LogP contribution in [-0.2, 0) is 9.59 Å². The van der Waals surface area contributed by atoms with Crippen LogP contribution in [0.25, 0.3) is 0 Å². The predicted octanol–water partition coefficient (Wildman–Crippen LogP) is 1.05. The van der Waals surface area contributed by atoms with Gasteiger partial charge in [-0.05, 0) is 12.1 Å². The maximum Gasteiger partial charge on any atom is 0.323 e. The van der Waals surface area contributed by atoms with Crippen LogP contribution in [0.4, 0.5) is 5.69 Å². The first kappa shape index (κ1) is 12.3. The normalized spacial score (nSPS) is 9.81. The summed E-state index contributed by atoms with van der Waals surface area (Å²) < 4.78 is 0. The molecule has 1 rings (SSSR count). The van der Waals surface area contributed by atoms with Gasteiger partial charge in [0.2, 0.25) is 5.91 Å². The Hall–Kier alpha value is -1.75. The van der Waals surface area contributed by atoms with Gasteiger partial charge in [-0.3, -0.25) is 9.59 Å². The molecule has 86 valence electrons. The maximum absolute atomic E-state index is 11.4. The van der Waals surface area contributed by atoms with Crippen molar-refractivity contribution in [3.05, 3.63) is 24.3 Å². The number of hydrogen-bond acceptors (Lipinski definition) is 3. The lowest BCUT2D eigenvalue weighted by molar-refractivity contribution is -0.136. The molecule has 0 spiro atoms. The first-order chi connectivity index (χ1) is 7.54. The fourth-order valence-corrected chi connectivity index (χ4v) is 1.34. The Balaban J connectivity index is 3.00. The van der Waals surface area contributed by atoms with E-state index in [1.54, 1.807) is 0 Å². The summed E-state index contributed by atoms with van der Waals surface area (Å²) >= 11 is 5.37. The third kappa shape index (κ3) is 3.13. The summed E-state index contributed by atoms with van der Waals surface area (Å²) in [4.78, 5) is 23.0. The number of rotatable bonds is 4. The molecular weight excluding hydrogens is 234 g/mol. The SMILES string of the molecule is O=C(O)CN(C(=O)CCl)c1cccc(O)c1. The fraction of sp³-hybridized carbons (Fsp3) is 0.200. The number of hydrogen-bond donors (Lipinski definition) is 2. The van der Waals surface area contributed by atoms with Gasteiger partial charge in [-0.2, -0.15) is 0 Å². The standard InChI is InChI=1S/C10H10ClNO4/c11-5-9(14)12(6-10(15)16)7-2-1-3-8(13)4-7/h1-4,13H,5-6H2,(H,15,16). The number of alkyl halides is 1. The van der Waals surface area contributed by atoms with E-state index < -0.39 is 18.4 Å². The molecule has 1 amide bonds. The Morgan fingerprint density at radius 2 is 2.06 bits per heavy atom. The summed E-state index contributed by atoms with van der Waals surface area (Å²) in [5, 5.41) is 17.9. The van der Waals surface area contributed by atoms with Crippen LogP contribution in [0.5, 0.6) is 5.75 Å². The van der Waals surface area contributed by atoms with Gasteiger partial charge in [0.25, 0.3) is 0 Å². The van der Waals surface area contributed by atoms with Crippen molar-refractivity contribution >= 4 is 29.2 Å². The Morgan fingerprint density at radius 3 is 2.56 bits per heavy atom. The number of halogens is 1. The fourth-order valence-electron chi connectivity index (χ4n) is 1.19. The van der Waals surface area contributed by atoms with Crippen molar-refractivity contribution in [2.24, 2.45) is 0 Å². The Bertz CT molecular complexity index is 408. The average molecular weight is 244 g/mol. The van der Waals surface area contributed by atoms with E-state index in [9.17, 15) is 14.7 Å². The monoisotopic (exact) mass is 243 g/mol. The van der Waals surface area contributed by atoms with Gasteiger partial charge in [0.05, 0.1) is 0 Å². The minimum atomic E-state index is -1.15. The van der Waals surface area contributed by atoms with Crippen molar-refractivity contribution in [3.63, 3.8) is 0 Å². The van der Waals surface area contributed by atoms with Crippen LogP contribution < -0.4 is 4.90 Å². The molecule has 0 saturated carbocycles. The minimum Gasteiger partial charge on any atom is -0.508 e. The van der Waals surface area contributed by atoms with E-state index in [-0.39, 0.29) is 11.6 Å². The highest BCUT2D eigenvalue weighted by Crippen LogP contribution is 2.20. The van der Waals surface area contributed by atoms with E-state index in [4.69, 9.17) is 16.7 Å². The second-order valence-electron chi connectivity index (χ2n) is 3.03. The van der Waals surface area contributed by atoms with Crippen LogP contribution in [0.1, 0.15) is 0 Å². The quantitative estimate of drug-likeness (QED) is 0.775. The predicted molar refractivity (Wildman–Crippen MR) is 58.8 cm³/mol. The molecule has 0 radical (unpaired) electrons. The molecule has 0 aliphatic rings. The van der Waals surface area contributed by atoms with E-state index in [1.165, 1.54) is 24.3 Å². The number of benzene rings is 1. The second kappa shape index (κ2) is 5.37. The number of aromatic hydroxyl groups is 1. The third-order valence-corrected chi connectivity index (χ3v) is 2.08. The second-order valence-corrected chi connectivity index (χ2v) is 3.29. The summed E-state index contributed by atoms with van der Waals surface area (Å²) in [5.74, 6) is -2.05. The topological polar surface area (TPSA) is 77.8 Å². The van der Waals surface area contributed by atoms with Crippen LogP contribution in [0.15, 0.2) is 24.3 Å². The zero-order chi connectivity index (χ0) is 12.1. The number of nitrogens with zero attached hydrogens (tertiary/aromatic N) is 1. The number of carboxylic acids is 1. The summed E-state index contributed by atoms with van der Waals surface area (Å²) in [6.45, 7) is -0.491. The molecule has 5 nitrogen and oxygen atoms in total. The lowest BCUT2D eigenvalue weighted by atomic mass is 10.2. The zero-order valence-electron chi connectivity index (χ0n) is 8.26. The van der Waals surface area contributed by atoms with Crippen molar-refractivity contribution < 1.29 is 19.8 Å². The van der Waals surface area contributed by atoms with Crippen LogP contribution in [0.2, 0.25) is 0 Å². The first-order valence-electron chi connectivity index (χ1n) is 4.41. The third-order valence-electron chi connectivity index (χ3n) is 1.85. The van der Waals surface area contributed by atoms with Crippen LogP contribution in [0.3, 0.4) is 0 Å². The van der Waals surface area contributed by atoms with Crippen molar-refractivity contribution in [2.75, 3.05) is 17.3 Å². The van der Waals surface area contributed by atoms with Gasteiger partial charge in [-0.25, -0.2) is 0 Å². The molecule has 2 N–H and O–H groups in total. The summed E-state index contributed by atoms with van der Waals surface area (Å²) in [5.41, 5.74) is 0.299. The van der Waals surface area contributed by atoms with Crippen molar-refractivity contribution in [1.29, 1.82) is 0 Å². The number of carbonyl (C=O) groups excluding carboxylic acids is 1. The molecule has 1 aromatic rings. The van der Waals surface area contributed by atoms with E-state index in [0.29, 0.717) is 5.69 Å². The molecular formula is C10H10ClNO4. The highest BCUT2D eigenvalue weighted by atomic mass is 35.5. The van der Waals surface area contributed by atoms with Gasteiger partial charge in [0.15, 0.2) is 0 Å². The van der Waals surface area contributed by atoms with Gasteiger partial charge < -0.3 is 15.1 Å². The molecule has 6 heteroatoms. The molecule has 0 aliphatic carbocycles. The molecule has 0 fully saturated rings. The molecule has 0 bridgehead atoms. The number of anilines is 1. The van der Waals surface area contributed by atoms with Crippen LogP contribution in [-0.4, -0.2) is 34.5 Å². The molecule has 1 aromatic carbocycles. The first-order valence-corrected chi connectivity index (χ1v) is 4.95. The van der Waals surface area contributed by atoms with Gasteiger partial charge in [-0.1, -0.05) is 6.07 Å². The Kier molecular flexibility index (Phi) is 4.13. The number of carboxylic acid groups (broad SMARTS) is 1. The zero-order valence-corrected chi connectivity index (χ0v) is 9.02. The van der Waals surface area contributed by atoms with E-state index in [1.807, 2.05) is 0 Å². The Morgan fingerprint density at radius 1 is 1.38 bits per heavy atom. The molecule has 0 heterocycles. The molecule has 0 aromatic heterocycles. The Labute approximate surface area is 96.9 Å². The van der Waals surface area contributed by atoms with Gasteiger partial charge in [0.1, 0.15) is 18.2 Å². The summed E-state index contributed by atoms with van der Waals surface area (Å²) in [6, 6.07) is 5.76. The molecule has 0 aliphatic heterocycles. The molecule has 0 saturated heterocycles. The van der Waals surface area contributed by atoms with Crippen LogP contribution >= 0.6 is 11.6 Å². The number of carbonyl (C=O) groups is 2. The number of amides is 1. The van der Waals surface area contributed by atoms with E-state index in [2.05, 4.69) is 0 Å². The summed E-state index contributed by atoms with van der Waals surface area (Å²) in [6.07, 6.45) is 0. The van der Waals surface area contributed by atoms with Crippen molar-refractivity contribution in [1.82, 2.24) is 0 Å². The minimum absolute atomic E-state index is 0.0461. The number of phenols is 1. The van der Waals surface area contributed by atoms with Gasteiger partial charge >= 0.3 is 5.97 Å². The number of phenolic OH excluding ortho intramolecular Hbond substituents is 1. The lowest BCUT2D eigenvalue weighted by Crippen LogP contribution is -2.36.